The normalized spacial score (nSPS) is 26.7. The van der Waals surface area contributed by atoms with E-state index >= 15 is 0 Å². The Balaban J connectivity index is 1.93. The summed E-state index contributed by atoms with van der Waals surface area (Å²) in [5.41, 5.74) is 5.42. The van der Waals surface area contributed by atoms with E-state index in [0.29, 0.717) is 17.8 Å². The number of anilines is 1. The van der Waals surface area contributed by atoms with Crippen molar-refractivity contribution in [3.63, 3.8) is 0 Å². The van der Waals surface area contributed by atoms with Crippen LogP contribution in [0, 0.1) is 17.8 Å². The molecule has 6 heteroatoms. The highest BCUT2D eigenvalue weighted by Gasteiger charge is 2.33. The Labute approximate surface area is 119 Å². The van der Waals surface area contributed by atoms with Gasteiger partial charge in [0.05, 0.1) is 0 Å². The number of hydrogen-bond acceptors (Lipinski definition) is 5. The van der Waals surface area contributed by atoms with Crippen LogP contribution in [0.1, 0.15) is 40.0 Å². The van der Waals surface area contributed by atoms with E-state index in [0.717, 1.165) is 12.8 Å². The highest BCUT2D eigenvalue weighted by atomic mass is 16.5. The van der Waals surface area contributed by atoms with Crippen molar-refractivity contribution >= 4 is 11.9 Å². The van der Waals surface area contributed by atoms with Crippen LogP contribution < -0.4 is 5.73 Å². The van der Waals surface area contributed by atoms with E-state index in [4.69, 9.17) is 10.5 Å². The minimum Gasteiger partial charge on any atom is -0.461 e. The predicted octanol–water partition coefficient (Wildman–Crippen LogP) is 1.86. The molecule has 2 N–H and O–H groups in total. The largest absolute Gasteiger partial charge is 0.461 e. The van der Waals surface area contributed by atoms with Gasteiger partial charge in [-0.3, -0.25) is 4.79 Å². The molecule has 0 spiro atoms. The number of hydrogen-bond donors (Lipinski definition) is 1. The van der Waals surface area contributed by atoms with E-state index in [9.17, 15) is 4.79 Å². The molecule has 20 heavy (non-hydrogen) atoms. The number of nitrogen functional groups attached to an aromatic ring is 1. The Hall–Kier alpha value is -1.59. The second kappa shape index (κ2) is 6.24. The molecule has 1 aliphatic rings. The first-order chi connectivity index (χ1) is 9.45. The zero-order chi connectivity index (χ0) is 14.7. The Bertz CT molecular complexity index is 458. The molecule has 0 saturated heterocycles. The monoisotopic (exact) mass is 280 g/mol. The van der Waals surface area contributed by atoms with E-state index in [1.165, 1.54) is 17.4 Å². The molecule has 0 amide bonds. The van der Waals surface area contributed by atoms with Gasteiger partial charge in [0.2, 0.25) is 5.95 Å². The summed E-state index contributed by atoms with van der Waals surface area (Å²) in [6.45, 7) is 6.68. The van der Waals surface area contributed by atoms with Gasteiger partial charge in [0.15, 0.2) is 0 Å². The topological polar surface area (TPSA) is 83.0 Å². The van der Waals surface area contributed by atoms with Gasteiger partial charge in [-0.1, -0.05) is 27.2 Å². The van der Waals surface area contributed by atoms with Crippen molar-refractivity contribution in [2.24, 2.45) is 17.8 Å². The molecule has 0 radical (unpaired) electrons. The van der Waals surface area contributed by atoms with Crippen molar-refractivity contribution in [1.82, 2.24) is 14.8 Å². The lowest BCUT2D eigenvalue weighted by atomic mass is 9.75. The lowest BCUT2D eigenvalue weighted by Crippen LogP contribution is -2.36. The molecule has 0 aromatic carbocycles. The van der Waals surface area contributed by atoms with Crippen molar-refractivity contribution in [1.29, 1.82) is 0 Å². The second-order valence-electron chi connectivity index (χ2n) is 6.15. The Morgan fingerprint density at radius 2 is 2.30 bits per heavy atom. The van der Waals surface area contributed by atoms with Crippen molar-refractivity contribution < 1.29 is 9.53 Å². The number of esters is 1. The fraction of sp³-hybridized carbons (Fsp3) is 0.786. The summed E-state index contributed by atoms with van der Waals surface area (Å²) in [5.74, 6) is 1.51. The first-order valence-corrected chi connectivity index (χ1v) is 7.30. The molecule has 1 saturated carbocycles. The summed E-state index contributed by atoms with van der Waals surface area (Å²) in [6.07, 6.45) is 4.77. The third-order valence-electron chi connectivity index (χ3n) is 4.09. The van der Waals surface area contributed by atoms with Gasteiger partial charge in [-0.25, -0.2) is 9.67 Å². The van der Waals surface area contributed by atoms with Gasteiger partial charge in [0.25, 0.3) is 0 Å². The molecule has 2 rings (SSSR count). The first kappa shape index (κ1) is 14.8. The lowest BCUT2D eigenvalue weighted by Gasteiger charge is -2.36. The maximum Gasteiger partial charge on any atom is 0.328 e. The molecule has 1 fully saturated rings. The first-order valence-electron chi connectivity index (χ1n) is 7.30. The van der Waals surface area contributed by atoms with Gasteiger partial charge in [0.1, 0.15) is 19.0 Å². The molecule has 1 aliphatic carbocycles. The predicted molar refractivity (Wildman–Crippen MR) is 75.7 cm³/mol. The number of rotatable bonds is 4. The van der Waals surface area contributed by atoms with Gasteiger partial charge >= 0.3 is 5.97 Å². The van der Waals surface area contributed by atoms with Crippen LogP contribution in [0.4, 0.5) is 5.95 Å². The van der Waals surface area contributed by atoms with Crippen molar-refractivity contribution in [3.05, 3.63) is 6.33 Å². The second-order valence-corrected chi connectivity index (χ2v) is 6.15. The van der Waals surface area contributed by atoms with E-state index in [-0.39, 0.29) is 24.6 Å². The van der Waals surface area contributed by atoms with Crippen LogP contribution >= 0.6 is 0 Å². The summed E-state index contributed by atoms with van der Waals surface area (Å²) in [7, 11) is 0. The molecule has 1 aromatic rings. The average Bonchev–Trinajstić information content (AvgIpc) is 2.74. The fourth-order valence-electron chi connectivity index (χ4n) is 2.97. The number of nitrogens with zero attached hydrogens (tertiary/aromatic N) is 3. The number of ether oxygens (including phenoxy) is 1. The van der Waals surface area contributed by atoms with E-state index in [1.54, 1.807) is 0 Å². The third-order valence-corrected chi connectivity index (χ3v) is 4.09. The quantitative estimate of drug-likeness (QED) is 0.851. The van der Waals surface area contributed by atoms with Crippen LogP contribution in [0.15, 0.2) is 6.33 Å². The SMILES string of the molecule is CC1CCC(C(C)C)C(OC(=O)Cn2cnc(N)n2)C1. The number of aromatic nitrogens is 3. The Morgan fingerprint density at radius 1 is 1.55 bits per heavy atom. The molecule has 3 unspecified atom stereocenters. The molecule has 0 aliphatic heterocycles. The van der Waals surface area contributed by atoms with Crippen LogP contribution in [-0.4, -0.2) is 26.8 Å². The van der Waals surface area contributed by atoms with Crippen molar-refractivity contribution in [3.8, 4) is 0 Å². The molecular formula is C14H24N4O2. The van der Waals surface area contributed by atoms with Gasteiger partial charge in [0, 0.05) is 0 Å². The molecule has 1 aromatic heterocycles. The standard InChI is InChI=1S/C14H24N4O2/c1-9(2)11-5-4-10(3)6-12(11)20-13(19)7-18-8-16-14(15)17-18/h8-12H,4-7H2,1-3H3,(H2,15,17). The highest BCUT2D eigenvalue weighted by Crippen LogP contribution is 2.35. The van der Waals surface area contributed by atoms with Crippen LogP contribution in [0.2, 0.25) is 0 Å². The highest BCUT2D eigenvalue weighted by molar-refractivity contribution is 5.69. The van der Waals surface area contributed by atoms with Gasteiger partial charge < -0.3 is 10.5 Å². The summed E-state index contributed by atoms with van der Waals surface area (Å²) in [4.78, 5) is 15.8. The smallest absolute Gasteiger partial charge is 0.328 e. The summed E-state index contributed by atoms with van der Waals surface area (Å²) < 4.78 is 7.09. The molecular weight excluding hydrogens is 256 g/mol. The lowest BCUT2D eigenvalue weighted by molar-refractivity contribution is -0.156. The zero-order valence-corrected chi connectivity index (χ0v) is 12.5. The van der Waals surface area contributed by atoms with Gasteiger partial charge in [-0.15, -0.1) is 5.10 Å². The maximum absolute atomic E-state index is 12.0. The van der Waals surface area contributed by atoms with Crippen LogP contribution in [0.3, 0.4) is 0 Å². The summed E-state index contributed by atoms with van der Waals surface area (Å²) in [5, 5.41) is 3.90. The average molecular weight is 280 g/mol. The van der Waals surface area contributed by atoms with Gasteiger partial charge in [-0.2, -0.15) is 0 Å². The minimum atomic E-state index is -0.264. The molecule has 6 nitrogen and oxygen atoms in total. The molecule has 3 atom stereocenters. The number of carbonyl (C=O) groups is 1. The summed E-state index contributed by atoms with van der Waals surface area (Å²) in [6, 6.07) is 0. The van der Waals surface area contributed by atoms with Gasteiger partial charge in [-0.05, 0) is 30.6 Å². The van der Waals surface area contributed by atoms with E-state index in [1.807, 2.05) is 0 Å². The Morgan fingerprint density at radius 3 is 2.90 bits per heavy atom. The van der Waals surface area contributed by atoms with E-state index in [2.05, 4.69) is 30.9 Å². The molecule has 1 heterocycles. The van der Waals surface area contributed by atoms with Crippen molar-refractivity contribution in [2.45, 2.75) is 52.7 Å². The number of carbonyl (C=O) groups excluding carboxylic acids is 1. The maximum atomic E-state index is 12.0. The van der Waals surface area contributed by atoms with Crippen LogP contribution in [0.25, 0.3) is 0 Å². The molecule has 0 bridgehead atoms. The van der Waals surface area contributed by atoms with Crippen LogP contribution in [0.5, 0.6) is 0 Å². The number of nitrogens with two attached hydrogens (primary N) is 1. The Kier molecular flexibility index (Phi) is 4.62. The fourth-order valence-corrected chi connectivity index (χ4v) is 2.97. The van der Waals surface area contributed by atoms with Crippen LogP contribution in [-0.2, 0) is 16.1 Å². The van der Waals surface area contributed by atoms with E-state index < -0.39 is 0 Å². The van der Waals surface area contributed by atoms with Crippen molar-refractivity contribution in [2.75, 3.05) is 5.73 Å². The minimum absolute atomic E-state index is 0.0205. The summed E-state index contributed by atoms with van der Waals surface area (Å²) >= 11 is 0. The zero-order valence-electron chi connectivity index (χ0n) is 12.5. The third kappa shape index (κ3) is 3.71. The molecule has 112 valence electrons.